The SMILES string of the molecule is CC1NN2CCC3CN(C(=O)OC(C)(C)C)CCN3C(=O)c3cc(F)c(-c4ccc(F)c5sc(NC(=O)OC(C)(C)C)c(C#N)c45)c1c32. The number of piperazine rings is 1. The number of thiophene rings is 1. The Bertz CT molecular complexity index is 1890. The van der Waals surface area contributed by atoms with Crippen LogP contribution in [0.3, 0.4) is 0 Å². The number of hydrogen-bond donors (Lipinski definition) is 2. The van der Waals surface area contributed by atoms with E-state index in [9.17, 15) is 19.6 Å². The third kappa shape index (κ3) is 6.01. The van der Waals surface area contributed by atoms with E-state index < -0.39 is 41.1 Å². The highest BCUT2D eigenvalue weighted by Gasteiger charge is 2.42. The number of carbonyl (C=O) groups excluding carboxylic acids is 3. The number of halogens is 2. The van der Waals surface area contributed by atoms with Gasteiger partial charge in [0.1, 0.15) is 33.9 Å². The number of fused-ring (bicyclic) bond motifs is 2. The second kappa shape index (κ2) is 11.9. The Hall–Kier alpha value is -4.48. The number of nitrogens with zero attached hydrogens (tertiary/aromatic N) is 4. The van der Waals surface area contributed by atoms with Crippen molar-refractivity contribution in [3.63, 3.8) is 0 Å². The Kier molecular flexibility index (Phi) is 8.28. The lowest BCUT2D eigenvalue weighted by atomic mass is 9.88. The van der Waals surface area contributed by atoms with Gasteiger partial charge < -0.3 is 24.3 Å². The van der Waals surface area contributed by atoms with Gasteiger partial charge in [0.15, 0.2) is 0 Å². The van der Waals surface area contributed by atoms with E-state index >= 15 is 8.78 Å². The molecule has 1 aromatic heterocycles. The molecule has 1 saturated heterocycles. The molecule has 14 heteroatoms. The smallest absolute Gasteiger partial charge is 0.412 e. The van der Waals surface area contributed by atoms with E-state index in [1.54, 1.807) is 51.3 Å². The van der Waals surface area contributed by atoms with Crippen LogP contribution in [0.15, 0.2) is 18.2 Å². The average Bonchev–Trinajstić information content (AvgIpc) is 3.51. The molecular weight excluding hydrogens is 642 g/mol. The summed E-state index contributed by atoms with van der Waals surface area (Å²) in [5.41, 5.74) is 3.49. The lowest BCUT2D eigenvalue weighted by Crippen LogP contribution is -2.58. The number of hydrazine groups is 1. The summed E-state index contributed by atoms with van der Waals surface area (Å²) in [6, 6.07) is 5.15. The maximum Gasteiger partial charge on any atom is 0.412 e. The predicted octanol–water partition coefficient (Wildman–Crippen LogP) is 6.92. The molecular formula is C34H38F2N6O5S. The molecule has 2 aromatic carbocycles. The minimum Gasteiger partial charge on any atom is -0.444 e. The van der Waals surface area contributed by atoms with Gasteiger partial charge in [-0.15, -0.1) is 11.3 Å². The average molecular weight is 681 g/mol. The molecule has 48 heavy (non-hydrogen) atoms. The van der Waals surface area contributed by atoms with Gasteiger partial charge in [0.05, 0.1) is 33.6 Å². The summed E-state index contributed by atoms with van der Waals surface area (Å²) in [6.07, 6.45) is -0.723. The summed E-state index contributed by atoms with van der Waals surface area (Å²) in [5, 5.41) is 14.9. The first-order valence-electron chi connectivity index (χ1n) is 15.8. The third-order valence-corrected chi connectivity index (χ3v) is 9.55. The molecule has 0 bridgehead atoms. The topological polar surface area (TPSA) is 127 Å². The van der Waals surface area contributed by atoms with Crippen LogP contribution in [-0.2, 0) is 9.47 Å². The molecule has 2 unspecified atom stereocenters. The van der Waals surface area contributed by atoms with E-state index in [1.165, 1.54) is 18.2 Å². The summed E-state index contributed by atoms with van der Waals surface area (Å²) in [6.45, 7) is 13.6. The normalized spacial score (nSPS) is 19.3. The Balaban J connectivity index is 1.43. The number of benzene rings is 2. The van der Waals surface area contributed by atoms with Gasteiger partial charge in [0.2, 0.25) is 0 Å². The highest BCUT2D eigenvalue weighted by molar-refractivity contribution is 7.23. The molecule has 3 aliphatic rings. The van der Waals surface area contributed by atoms with Crippen LogP contribution in [0.4, 0.5) is 29.1 Å². The fourth-order valence-electron chi connectivity index (χ4n) is 6.61. The van der Waals surface area contributed by atoms with Crippen LogP contribution < -0.4 is 15.8 Å². The highest BCUT2D eigenvalue weighted by Crippen LogP contribution is 2.49. The van der Waals surface area contributed by atoms with Crippen molar-refractivity contribution in [2.75, 3.05) is 36.5 Å². The van der Waals surface area contributed by atoms with Crippen LogP contribution in [0.1, 0.15) is 82.4 Å². The van der Waals surface area contributed by atoms with Crippen molar-refractivity contribution in [1.82, 2.24) is 15.2 Å². The molecule has 254 valence electrons. The molecule has 6 rings (SSSR count). The molecule has 11 nitrogen and oxygen atoms in total. The van der Waals surface area contributed by atoms with Crippen molar-refractivity contribution in [2.24, 2.45) is 0 Å². The molecule has 2 N–H and O–H groups in total. The number of ether oxygens (including phenoxy) is 2. The lowest BCUT2D eigenvalue weighted by Gasteiger charge is -2.43. The van der Waals surface area contributed by atoms with E-state index in [1.807, 2.05) is 11.9 Å². The van der Waals surface area contributed by atoms with Crippen LogP contribution in [0.25, 0.3) is 21.2 Å². The van der Waals surface area contributed by atoms with Gasteiger partial charge in [-0.05, 0) is 72.6 Å². The van der Waals surface area contributed by atoms with Crippen molar-refractivity contribution in [3.05, 3.63) is 46.5 Å². The van der Waals surface area contributed by atoms with Gasteiger partial charge in [-0.1, -0.05) is 6.07 Å². The highest BCUT2D eigenvalue weighted by atomic mass is 32.1. The summed E-state index contributed by atoms with van der Waals surface area (Å²) < 4.78 is 42.9. The molecule has 3 aliphatic heterocycles. The molecule has 3 aromatic rings. The van der Waals surface area contributed by atoms with Crippen LogP contribution >= 0.6 is 11.3 Å². The van der Waals surface area contributed by atoms with E-state index in [0.717, 1.165) is 11.3 Å². The van der Waals surface area contributed by atoms with Crippen molar-refractivity contribution in [3.8, 4) is 17.2 Å². The van der Waals surface area contributed by atoms with Gasteiger partial charge in [0, 0.05) is 42.7 Å². The second-order valence-electron chi connectivity index (χ2n) is 14.3. The quantitative estimate of drug-likeness (QED) is 0.299. The van der Waals surface area contributed by atoms with E-state index in [4.69, 9.17) is 9.47 Å². The summed E-state index contributed by atoms with van der Waals surface area (Å²) in [5.74, 6) is -1.69. The first kappa shape index (κ1) is 33.4. The number of hydrogen-bond acceptors (Lipinski definition) is 9. The minimum absolute atomic E-state index is 0.0223. The molecule has 0 aliphatic carbocycles. The number of rotatable bonds is 2. The largest absolute Gasteiger partial charge is 0.444 e. The van der Waals surface area contributed by atoms with Crippen LogP contribution in [0.5, 0.6) is 0 Å². The van der Waals surface area contributed by atoms with Gasteiger partial charge in [0.25, 0.3) is 5.91 Å². The number of amides is 3. The zero-order valence-corrected chi connectivity index (χ0v) is 28.7. The number of nitrogens with one attached hydrogen (secondary N) is 2. The Morgan fingerprint density at radius 2 is 1.75 bits per heavy atom. The molecule has 2 atom stereocenters. The first-order valence-corrected chi connectivity index (χ1v) is 16.6. The van der Waals surface area contributed by atoms with E-state index in [2.05, 4.69) is 16.8 Å². The second-order valence-corrected chi connectivity index (χ2v) is 15.3. The molecule has 0 spiro atoms. The lowest BCUT2D eigenvalue weighted by molar-refractivity contribution is 0.00342. The van der Waals surface area contributed by atoms with E-state index in [0.29, 0.717) is 24.2 Å². The molecule has 0 saturated carbocycles. The zero-order valence-electron chi connectivity index (χ0n) is 27.9. The van der Waals surface area contributed by atoms with Gasteiger partial charge in [-0.25, -0.2) is 23.8 Å². The van der Waals surface area contributed by atoms with Crippen molar-refractivity contribution >= 4 is 50.2 Å². The Labute approximate surface area is 281 Å². The number of carbonyl (C=O) groups is 3. The first-order chi connectivity index (χ1) is 22.5. The monoisotopic (exact) mass is 680 g/mol. The van der Waals surface area contributed by atoms with Gasteiger partial charge >= 0.3 is 12.2 Å². The van der Waals surface area contributed by atoms with Gasteiger partial charge in [-0.3, -0.25) is 10.1 Å². The van der Waals surface area contributed by atoms with Gasteiger partial charge in [-0.2, -0.15) is 5.26 Å². The van der Waals surface area contributed by atoms with Crippen LogP contribution in [0.2, 0.25) is 0 Å². The van der Waals surface area contributed by atoms with E-state index in [-0.39, 0.29) is 68.9 Å². The van der Waals surface area contributed by atoms with Crippen molar-refractivity contribution < 1.29 is 32.6 Å². The maximum absolute atomic E-state index is 16.6. The maximum atomic E-state index is 16.6. The van der Waals surface area contributed by atoms with Crippen molar-refractivity contribution in [1.29, 1.82) is 5.26 Å². The van der Waals surface area contributed by atoms with Crippen molar-refractivity contribution in [2.45, 2.75) is 78.2 Å². The number of anilines is 2. The summed E-state index contributed by atoms with van der Waals surface area (Å²) in [4.78, 5) is 42.9. The fourth-order valence-corrected chi connectivity index (χ4v) is 7.68. The summed E-state index contributed by atoms with van der Waals surface area (Å²) >= 11 is 0.866. The molecule has 0 radical (unpaired) electrons. The molecule has 4 heterocycles. The standard InChI is InChI=1S/C34H38F2N6O5S/c1-17-24-26(19-8-9-22(35)28-25(19)21(15-37)29(48-28)38-31(44)46-33(2,3)4)23(36)14-20-27(24)42(39-17)11-10-18-16-40(12-13-41(18)30(20)43)32(45)47-34(5,6)7/h8-9,14,17-18,39H,10-13,16H2,1-7H3,(H,38,44). The predicted molar refractivity (Wildman–Crippen MR) is 178 cm³/mol. The third-order valence-electron chi connectivity index (χ3n) is 8.44. The zero-order chi connectivity index (χ0) is 34.9. The van der Waals surface area contributed by atoms with Crippen LogP contribution in [0, 0.1) is 23.0 Å². The molecule has 1 fully saturated rings. The fraction of sp³-hybridized carbons (Fsp3) is 0.471. The van der Waals surface area contributed by atoms with Crippen LogP contribution in [-0.4, -0.2) is 71.3 Å². The molecule has 3 amide bonds. The Morgan fingerprint density at radius 3 is 2.42 bits per heavy atom. The minimum atomic E-state index is -0.810. The summed E-state index contributed by atoms with van der Waals surface area (Å²) in [7, 11) is 0. The number of nitriles is 1. The Morgan fingerprint density at radius 1 is 1.04 bits per heavy atom.